The van der Waals surface area contributed by atoms with E-state index in [-0.39, 0.29) is 29.9 Å². The first-order valence-electron chi connectivity index (χ1n) is 10.1. The normalized spacial score (nSPS) is 15.0. The summed E-state index contributed by atoms with van der Waals surface area (Å²) in [5.41, 5.74) is 1.24. The van der Waals surface area contributed by atoms with Gasteiger partial charge in [0.15, 0.2) is 5.96 Å². The topological polar surface area (TPSA) is 60.0 Å². The molecule has 2 N–H and O–H groups in total. The Labute approximate surface area is 187 Å². The summed E-state index contributed by atoms with van der Waals surface area (Å²) < 4.78 is 0. The molecule has 1 saturated heterocycles. The molecule has 0 aromatic heterocycles. The Morgan fingerprint density at radius 1 is 1.25 bits per heavy atom. The second-order valence-corrected chi connectivity index (χ2v) is 7.15. The quantitative estimate of drug-likeness (QED) is 0.249. The van der Waals surface area contributed by atoms with Gasteiger partial charge in [0.05, 0.1) is 0 Å². The summed E-state index contributed by atoms with van der Waals surface area (Å²) in [6.45, 7) is 6.73. The van der Waals surface area contributed by atoms with Crippen LogP contribution in [0.1, 0.15) is 32.6 Å². The number of hydrogen-bond acceptors (Lipinski definition) is 3. The SMILES string of the molecule is CCNC(=NCCCN(C)c1ccccc1)N1CCC(CC(=O)NC)CC1.I. The zero-order valence-corrected chi connectivity index (χ0v) is 19.8. The van der Waals surface area contributed by atoms with Crippen molar-refractivity contribution in [2.45, 2.75) is 32.6 Å². The fraction of sp³-hybridized carbons (Fsp3) is 0.619. The number of aliphatic imine (C=N–C) groups is 1. The molecule has 7 heteroatoms. The fourth-order valence-electron chi connectivity index (χ4n) is 3.44. The Kier molecular flexibility index (Phi) is 11.9. The lowest BCUT2D eigenvalue weighted by Gasteiger charge is -2.34. The summed E-state index contributed by atoms with van der Waals surface area (Å²) in [5, 5.41) is 6.15. The van der Waals surface area contributed by atoms with Gasteiger partial charge in [0.1, 0.15) is 0 Å². The number of nitrogens with zero attached hydrogens (tertiary/aromatic N) is 3. The van der Waals surface area contributed by atoms with Gasteiger partial charge in [-0.05, 0) is 44.2 Å². The van der Waals surface area contributed by atoms with Gasteiger partial charge < -0.3 is 20.4 Å². The maximum absolute atomic E-state index is 11.6. The van der Waals surface area contributed by atoms with Crippen LogP contribution in [-0.2, 0) is 4.79 Å². The third-order valence-corrected chi connectivity index (χ3v) is 5.11. The summed E-state index contributed by atoms with van der Waals surface area (Å²) in [5.74, 6) is 1.65. The van der Waals surface area contributed by atoms with Crippen molar-refractivity contribution < 1.29 is 4.79 Å². The van der Waals surface area contributed by atoms with Crippen LogP contribution in [0.4, 0.5) is 5.69 Å². The monoisotopic (exact) mass is 501 g/mol. The van der Waals surface area contributed by atoms with Crippen molar-refractivity contribution in [1.82, 2.24) is 15.5 Å². The summed E-state index contributed by atoms with van der Waals surface area (Å²) in [4.78, 5) is 21.0. The molecule has 1 aliphatic heterocycles. The van der Waals surface area contributed by atoms with E-state index in [1.807, 2.05) is 6.07 Å². The number of para-hydroxylation sites is 1. The standard InChI is InChI=1S/C21H35N5O.HI/c1-4-23-21(26-15-11-18(12-16-26)17-20(27)22-2)24-13-8-14-25(3)19-9-6-5-7-10-19;/h5-7,9-10,18H,4,8,11-17H2,1-3H3,(H,22,27)(H,23,24);1H. The molecule has 1 aromatic rings. The van der Waals surface area contributed by atoms with Crippen LogP contribution in [0, 0.1) is 5.92 Å². The van der Waals surface area contributed by atoms with Gasteiger partial charge in [0.2, 0.25) is 5.91 Å². The Morgan fingerprint density at radius 3 is 2.54 bits per heavy atom. The number of likely N-dealkylation sites (tertiary alicyclic amines) is 1. The lowest BCUT2D eigenvalue weighted by molar-refractivity contribution is -0.121. The Hall–Kier alpha value is -1.51. The van der Waals surface area contributed by atoms with Gasteiger partial charge in [0, 0.05) is 58.9 Å². The molecule has 0 radical (unpaired) electrons. The van der Waals surface area contributed by atoms with E-state index in [9.17, 15) is 4.79 Å². The number of guanidine groups is 1. The van der Waals surface area contributed by atoms with Crippen LogP contribution in [0.2, 0.25) is 0 Å². The second-order valence-electron chi connectivity index (χ2n) is 7.15. The van der Waals surface area contributed by atoms with Crippen molar-refractivity contribution in [3.05, 3.63) is 30.3 Å². The average molecular weight is 501 g/mol. The van der Waals surface area contributed by atoms with E-state index in [4.69, 9.17) is 4.99 Å². The van der Waals surface area contributed by atoms with Crippen LogP contribution in [0.3, 0.4) is 0 Å². The predicted octanol–water partition coefficient (Wildman–Crippen LogP) is 2.94. The predicted molar refractivity (Wildman–Crippen MR) is 129 cm³/mol. The number of carbonyl (C=O) groups excluding carboxylic acids is 1. The van der Waals surface area contributed by atoms with Crippen LogP contribution in [0.15, 0.2) is 35.3 Å². The Morgan fingerprint density at radius 2 is 1.93 bits per heavy atom. The molecule has 1 aromatic carbocycles. The highest BCUT2D eigenvalue weighted by Crippen LogP contribution is 2.20. The van der Waals surface area contributed by atoms with Gasteiger partial charge in [-0.2, -0.15) is 0 Å². The third-order valence-electron chi connectivity index (χ3n) is 5.11. The van der Waals surface area contributed by atoms with Crippen molar-refractivity contribution in [2.24, 2.45) is 10.9 Å². The highest BCUT2D eigenvalue weighted by molar-refractivity contribution is 14.0. The van der Waals surface area contributed by atoms with Crippen LogP contribution < -0.4 is 15.5 Å². The molecule has 0 bridgehead atoms. The van der Waals surface area contributed by atoms with Crippen molar-refractivity contribution in [3.63, 3.8) is 0 Å². The maximum Gasteiger partial charge on any atom is 0.220 e. The first-order chi connectivity index (χ1) is 13.1. The first kappa shape index (κ1) is 24.5. The average Bonchev–Trinajstić information content (AvgIpc) is 2.71. The third kappa shape index (κ3) is 8.24. The molecule has 158 valence electrons. The number of anilines is 1. The van der Waals surface area contributed by atoms with Crippen LogP contribution in [0.5, 0.6) is 0 Å². The lowest BCUT2D eigenvalue weighted by Crippen LogP contribution is -2.46. The number of benzene rings is 1. The number of hydrogen-bond donors (Lipinski definition) is 2. The summed E-state index contributed by atoms with van der Waals surface area (Å²) in [7, 11) is 3.84. The van der Waals surface area contributed by atoms with Crippen molar-refractivity contribution in [2.75, 3.05) is 51.7 Å². The smallest absolute Gasteiger partial charge is 0.220 e. The van der Waals surface area contributed by atoms with Gasteiger partial charge in [0.25, 0.3) is 0 Å². The van der Waals surface area contributed by atoms with E-state index in [0.29, 0.717) is 12.3 Å². The molecule has 1 heterocycles. The number of halogens is 1. The largest absolute Gasteiger partial charge is 0.375 e. The molecular formula is C21H36IN5O. The van der Waals surface area contributed by atoms with E-state index in [1.54, 1.807) is 7.05 Å². The van der Waals surface area contributed by atoms with Crippen molar-refractivity contribution in [3.8, 4) is 0 Å². The number of nitrogens with one attached hydrogen (secondary N) is 2. The van der Waals surface area contributed by atoms with Crippen LogP contribution >= 0.6 is 24.0 Å². The molecule has 0 atom stereocenters. The van der Waals surface area contributed by atoms with Gasteiger partial charge >= 0.3 is 0 Å². The van der Waals surface area contributed by atoms with Gasteiger partial charge in [-0.1, -0.05) is 18.2 Å². The minimum atomic E-state index is 0. The summed E-state index contributed by atoms with van der Waals surface area (Å²) in [6.07, 6.45) is 3.76. The highest BCUT2D eigenvalue weighted by Gasteiger charge is 2.22. The molecule has 0 aliphatic carbocycles. The van der Waals surface area contributed by atoms with E-state index in [2.05, 4.69) is 58.7 Å². The molecule has 6 nitrogen and oxygen atoms in total. The Bertz CT molecular complexity index is 588. The zero-order valence-electron chi connectivity index (χ0n) is 17.5. The maximum atomic E-state index is 11.6. The van der Waals surface area contributed by atoms with Crippen LogP contribution in [-0.4, -0.2) is 63.6 Å². The molecule has 28 heavy (non-hydrogen) atoms. The van der Waals surface area contributed by atoms with Gasteiger partial charge in [-0.15, -0.1) is 24.0 Å². The van der Waals surface area contributed by atoms with E-state index in [1.165, 1.54) is 5.69 Å². The summed E-state index contributed by atoms with van der Waals surface area (Å²) in [6, 6.07) is 10.5. The summed E-state index contributed by atoms with van der Waals surface area (Å²) >= 11 is 0. The molecule has 0 spiro atoms. The number of amides is 1. The Balaban J connectivity index is 0.00000392. The molecule has 1 aliphatic rings. The highest BCUT2D eigenvalue weighted by atomic mass is 127. The number of rotatable bonds is 8. The molecule has 1 amide bonds. The molecule has 0 saturated carbocycles. The van der Waals surface area contributed by atoms with E-state index >= 15 is 0 Å². The zero-order chi connectivity index (χ0) is 19.5. The molecule has 1 fully saturated rings. The van der Waals surface area contributed by atoms with Gasteiger partial charge in [-0.25, -0.2) is 0 Å². The fourth-order valence-corrected chi connectivity index (χ4v) is 3.44. The van der Waals surface area contributed by atoms with E-state index in [0.717, 1.165) is 57.9 Å². The lowest BCUT2D eigenvalue weighted by atomic mass is 9.93. The molecule has 2 rings (SSSR count). The number of piperidine rings is 1. The van der Waals surface area contributed by atoms with Crippen molar-refractivity contribution in [1.29, 1.82) is 0 Å². The minimum Gasteiger partial charge on any atom is -0.375 e. The molecular weight excluding hydrogens is 465 g/mol. The first-order valence-corrected chi connectivity index (χ1v) is 10.1. The van der Waals surface area contributed by atoms with Gasteiger partial charge in [-0.3, -0.25) is 9.79 Å². The van der Waals surface area contributed by atoms with E-state index < -0.39 is 0 Å². The van der Waals surface area contributed by atoms with Crippen LogP contribution in [0.25, 0.3) is 0 Å². The van der Waals surface area contributed by atoms with Crippen molar-refractivity contribution >= 4 is 41.5 Å². The minimum absolute atomic E-state index is 0. The molecule has 0 unspecified atom stereocenters. The second kappa shape index (κ2) is 13.6. The number of carbonyl (C=O) groups is 1.